The van der Waals surface area contributed by atoms with E-state index in [-0.39, 0.29) is 25.4 Å². The van der Waals surface area contributed by atoms with Crippen LogP contribution in [0.5, 0.6) is 0 Å². The SMILES string of the molecule is C#CCCC1(CCC(=O)N2CC(OC(C)C(F)(F)F)C2)N=N1. The van der Waals surface area contributed by atoms with Crippen molar-refractivity contribution in [3.63, 3.8) is 0 Å². The van der Waals surface area contributed by atoms with Crippen LogP contribution >= 0.6 is 0 Å². The van der Waals surface area contributed by atoms with Crippen LogP contribution in [0.4, 0.5) is 13.2 Å². The minimum absolute atomic E-state index is 0.114. The summed E-state index contributed by atoms with van der Waals surface area (Å²) in [6, 6.07) is 0. The lowest BCUT2D eigenvalue weighted by molar-refractivity contribution is -0.238. The molecule has 1 amide bonds. The molecule has 0 aromatic heterocycles. The Hall–Kier alpha value is -1.62. The summed E-state index contributed by atoms with van der Waals surface area (Å²) in [6.07, 6.45) is 0.385. The van der Waals surface area contributed by atoms with Crippen LogP contribution in [0.2, 0.25) is 0 Å². The van der Waals surface area contributed by atoms with E-state index in [1.54, 1.807) is 0 Å². The first-order valence-corrected chi connectivity index (χ1v) is 7.13. The molecule has 0 bridgehead atoms. The summed E-state index contributed by atoms with van der Waals surface area (Å²) in [6.45, 7) is 1.37. The first kappa shape index (κ1) is 16.7. The molecule has 122 valence electrons. The van der Waals surface area contributed by atoms with Crippen LogP contribution in [0.15, 0.2) is 10.2 Å². The van der Waals surface area contributed by atoms with Crippen LogP contribution < -0.4 is 0 Å². The van der Waals surface area contributed by atoms with E-state index in [1.807, 2.05) is 0 Å². The fourth-order valence-corrected chi connectivity index (χ4v) is 2.23. The van der Waals surface area contributed by atoms with Crippen molar-refractivity contribution in [2.45, 2.75) is 56.7 Å². The molecule has 22 heavy (non-hydrogen) atoms. The summed E-state index contributed by atoms with van der Waals surface area (Å²) in [5, 5.41) is 7.87. The second-order valence-electron chi connectivity index (χ2n) is 5.63. The van der Waals surface area contributed by atoms with Crippen LogP contribution in [0.3, 0.4) is 0 Å². The third-order valence-electron chi connectivity index (χ3n) is 3.85. The predicted octanol–water partition coefficient (Wildman–Crippen LogP) is 2.52. The van der Waals surface area contributed by atoms with Crippen molar-refractivity contribution in [3.8, 4) is 12.3 Å². The second-order valence-corrected chi connectivity index (χ2v) is 5.63. The van der Waals surface area contributed by atoms with Gasteiger partial charge in [0.25, 0.3) is 0 Å². The molecule has 1 fully saturated rings. The number of carbonyl (C=O) groups excluding carboxylic acids is 1. The number of nitrogens with zero attached hydrogens (tertiary/aromatic N) is 3. The molecule has 0 radical (unpaired) electrons. The van der Waals surface area contributed by atoms with E-state index >= 15 is 0 Å². The Morgan fingerprint density at radius 3 is 2.59 bits per heavy atom. The molecular weight excluding hydrogens is 299 g/mol. The van der Waals surface area contributed by atoms with E-state index in [2.05, 4.69) is 16.1 Å². The molecule has 1 unspecified atom stereocenters. The van der Waals surface area contributed by atoms with Crippen molar-refractivity contribution in [2.24, 2.45) is 10.2 Å². The summed E-state index contributed by atoms with van der Waals surface area (Å²) >= 11 is 0. The molecule has 2 aliphatic heterocycles. The highest BCUT2D eigenvalue weighted by Crippen LogP contribution is 2.38. The average Bonchev–Trinajstić information content (AvgIpc) is 3.16. The maximum atomic E-state index is 12.3. The van der Waals surface area contributed by atoms with Gasteiger partial charge < -0.3 is 9.64 Å². The first-order valence-electron chi connectivity index (χ1n) is 7.13. The summed E-state index contributed by atoms with van der Waals surface area (Å²) in [7, 11) is 0. The molecule has 2 aliphatic rings. The van der Waals surface area contributed by atoms with Crippen molar-refractivity contribution in [3.05, 3.63) is 0 Å². The topological polar surface area (TPSA) is 54.3 Å². The molecule has 1 atom stereocenters. The van der Waals surface area contributed by atoms with Crippen LogP contribution in [0, 0.1) is 12.3 Å². The molecule has 0 aromatic carbocycles. The van der Waals surface area contributed by atoms with Gasteiger partial charge in [0, 0.05) is 38.8 Å². The van der Waals surface area contributed by atoms with Gasteiger partial charge >= 0.3 is 6.18 Å². The van der Waals surface area contributed by atoms with Crippen molar-refractivity contribution in [2.75, 3.05) is 13.1 Å². The first-order chi connectivity index (χ1) is 10.3. The van der Waals surface area contributed by atoms with Gasteiger partial charge in [0.05, 0.1) is 6.10 Å². The van der Waals surface area contributed by atoms with Crippen molar-refractivity contribution in [1.29, 1.82) is 0 Å². The Bertz CT molecular complexity index is 487. The van der Waals surface area contributed by atoms with E-state index in [0.717, 1.165) is 6.92 Å². The number of alkyl halides is 3. The van der Waals surface area contributed by atoms with Gasteiger partial charge in [-0.1, -0.05) is 0 Å². The lowest BCUT2D eigenvalue weighted by atomic mass is 10.0. The van der Waals surface area contributed by atoms with Gasteiger partial charge in [0.15, 0.2) is 11.8 Å². The Balaban J connectivity index is 1.64. The zero-order chi connectivity index (χ0) is 16.4. The molecule has 0 N–H and O–H groups in total. The molecule has 2 rings (SSSR count). The lowest BCUT2D eigenvalue weighted by Gasteiger charge is -2.40. The molecule has 5 nitrogen and oxygen atoms in total. The van der Waals surface area contributed by atoms with Crippen LogP contribution in [-0.4, -0.2) is 47.9 Å². The smallest absolute Gasteiger partial charge is 0.362 e. The maximum absolute atomic E-state index is 12.3. The molecule has 0 aromatic rings. The maximum Gasteiger partial charge on any atom is 0.414 e. The van der Waals surface area contributed by atoms with E-state index in [9.17, 15) is 18.0 Å². The molecule has 2 heterocycles. The van der Waals surface area contributed by atoms with Gasteiger partial charge in [-0.15, -0.1) is 12.3 Å². The number of ether oxygens (including phenoxy) is 1. The summed E-state index contributed by atoms with van der Waals surface area (Å²) < 4.78 is 41.9. The molecule has 1 saturated heterocycles. The minimum Gasteiger partial charge on any atom is -0.362 e. The predicted molar refractivity (Wildman–Crippen MR) is 71.9 cm³/mol. The van der Waals surface area contributed by atoms with Crippen molar-refractivity contribution in [1.82, 2.24) is 4.90 Å². The molecule has 8 heteroatoms. The third-order valence-corrected chi connectivity index (χ3v) is 3.85. The zero-order valence-corrected chi connectivity index (χ0v) is 12.3. The Morgan fingerprint density at radius 2 is 2.09 bits per heavy atom. The Labute approximate surface area is 126 Å². The Morgan fingerprint density at radius 1 is 1.45 bits per heavy atom. The van der Waals surface area contributed by atoms with Crippen molar-refractivity contribution >= 4 is 5.91 Å². The standard InChI is InChI=1S/C14H18F3N3O2/c1-3-4-6-13(18-19-13)7-5-12(21)20-8-11(9-20)22-10(2)14(15,16)17/h1,10-11H,4-9H2,2H3. The van der Waals surface area contributed by atoms with E-state index in [4.69, 9.17) is 11.2 Å². The van der Waals surface area contributed by atoms with Gasteiger partial charge in [-0.05, 0) is 6.92 Å². The fraction of sp³-hybridized carbons (Fsp3) is 0.786. The van der Waals surface area contributed by atoms with Gasteiger partial charge in [-0.3, -0.25) is 4.79 Å². The minimum atomic E-state index is -4.37. The average molecular weight is 317 g/mol. The van der Waals surface area contributed by atoms with E-state index < -0.39 is 24.0 Å². The van der Waals surface area contributed by atoms with Gasteiger partial charge in [-0.25, -0.2) is 0 Å². The number of terminal acetylenes is 1. The Kier molecular flexibility index (Phi) is 4.75. The number of halogens is 3. The number of amides is 1. The van der Waals surface area contributed by atoms with Crippen LogP contribution in [-0.2, 0) is 9.53 Å². The fourth-order valence-electron chi connectivity index (χ4n) is 2.23. The third kappa shape index (κ3) is 4.19. The number of carbonyl (C=O) groups is 1. The molecule has 0 spiro atoms. The number of rotatable bonds is 7. The van der Waals surface area contributed by atoms with Crippen molar-refractivity contribution < 1.29 is 22.7 Å². The summed E-state index contributed by atoms with van der Waals surface area (Å²) in [5.74, 6) is 2.39. The number of hydrogen-bond donors (Lipinski definition) is 0. The van der Waals surface area contributed by atoms with E-state index in [0.29, 0.717) is 19.3 Å². The molecule has 0 aliphatic carbocycles. The normalized spacial score (nSPS) is 21.1. The molecule has 0 saturated carbocycles. The second kappa shape index (κ2) is 6.24. The highest BCUT2D eigenvalue weighted by atomic mass is 19.4. The zero-order valence-electron chi connectivity index (χ0n) is 12.3. The number of likely N-dealkylation sites (tertiary alicyclic amines) is 1. The quantitative estimate of drug-likeness (QED) is 0.678. The highest BCUT2D eigenvalue weighted by molar-refractivity contribution is 5.77. The lowest BCUT2D eigenvalue weighted by Crippen LogP contribution is -2.56. The molecular formula is C14H18F3N3O2. The summed E-state index contributed by atoms with van der Waals surface area (Å²) in [4.78, 5) is 13.4. The monoisotopic (exact) mass is 317 g/mol. The van der Waals surface area contributed by atoms with Gasteiger partial charge in [-0.2, -0.15) is 23.4 Å². The van der Waals surface area contributed by atoms with Gasteiger partial charge in [0.1, 0.15) is 0 Å². The van der Waals surface area contributed by atoms with Crippen LogP contribution in [0.1, 0.15) is 32.6 Å². The van der Waals surface area contributed by atoms with Gasteiger partial charge in [0.2, 0.25) is 5.91 Å². The largest absolute Gasteiger partial charge is 0.414 e. The van der Waals surface area contributed by atoms with E-state index in [1.165, 1.54) is 4.90 Å². The highest BCUT2D eigenvalue weighted by Gasteiger charge is 2.43. The van der Waals surface area contributed by atoms with Crippen LogP contribution in [0.25, 0.3) is 0 Å². The summed E-state index contributed by atoms with van der Waals surface area (Å²) in [5.41, 5.74) is -0.506. The number of hydrogen-bond acceptors (Lipinski definition) is 4.